The van der Waals surface area contributed by atoms with Crippen LogP contribution in [0.15, 0.2) is 4.99 Å². The predicted molar refractivity (Wildman–Crippen MR) is 101 cm³/mol. The highest BCUT2D eigenvalue weighted by atomic mass is 16.6. The third-order valence-corrected chi connectivity index (χ3v) is 3.97. The number of nitrogens with zero attached hydrogens (tertiary/aromatic N) is 1. The third-order valence-electron chi connectivity index (χ3n) is 3.97. The molecule has 0 bridgehead atoms. The molecule has 0 aromatic rings. The van der Waals surface area contributed by atoms with Crippen LogP contribution in [0.4, 0.5) is 0 Å². The molecule has 25 heavy (non-hydrogen) atoms. The topological polar surface area (TPSA) is 134 Å². The van der Waals surface area contributed by atoms with E-state index in [1.807, 2.05) is 0 Å². The SMILES string of the molecule is CCCCCCCCCCCC(=O)OC(=O)[C@H](N)CCCN=C(N)N. The summed E-state index contributed by atoms with van der Waals surface area (Å²) in [4.78, 5) is 27.1. The van der Waals surface area contributed by atoms with Gasteiger partial charge in [-0.25, -0.2) is 4.79 Å². The molecule has 0 amide bonds. The molecule has 0 rings (SSSR count). The largest absolute Gasteiger partial charge is 0.392 e. The van der Waals surface area contributed by atoms with Gasteiger partial charge in [0.05, 0.1) is 0 Å². The first-order chi connectivity index (χ1) is 12.0. The lowest BCUT2D eigenvalue weighted by Gasteiger charge is -2.09. The molecule has 7 heteroatoms. The van der Waals surface area contributed by atoms with E-state index in [4.69, 9.17) is 21.9 Å². The van der Waals surface area contributed by atoms with Crippen molar-refractivity contribution < 1.29 is 14.3 Å². The zero-order valence-electron chi connectivity index (χ0n) is 15.7. The summed E-state index contributed by atoms with van der Waals surface area (Å²) in [5.41, 5.74) is 16.1. The standard InChI is InChI=1S/C18H36N4O3/c1-2-3-4-5-6-7-8-9-10-13-16(23)25-17(24)15(19)12-11-14-22-18(20)21/h15H,2-14,19H2,1H3,(H4,20,21,22)/t15-/m1/s1. The number of nitrogens with two attached hydrogens (primary N) is 3. The van der Waals surface area contributed by atoms with Crippen molar-refractivity contribution in [3.63, 3.8) is 0 Å². The molecule has 6 N–H and O–H groups in total. The number of guanidine groups is 1. The maximum Gasteiger partial charge on any atom is 0.330 e. The molecule has 146 valence electrons. The molecule has 0 unspecified atom stereocenters. The second kappa shape index (κ2) is 15.9. The van der Waals surface area contributed by atoms with Gasteiger partial charge in [-0.05, 0) is 19.3 Å². The van der Waals surface area contributed by atoms with Gasteiger partial charge in [0.15, 0.2) is 5.96 Å². The number of aliphatic imine (C=N–C) groups is 1. The van der Waals surface area contributed by atoms with Gasteiger partial charge in [-0.2, -0.15) is 0 Å². The molecular formula is C18H36N4O3. The summed E-state index contributed by atoms with van der Waals surface area (Å²) < 4.78 is 4.77. The first kappa shape index (κ1) is 23.4. The van der Waals surface area contributed by atoms with E-state index in [-0.39, 0.29) is 12.4 Å². The molecule has 0 fully saturated rings. The lowest BCUT2D eigenvalue weighted by molar-refractivity contribution is -0.160. The van der Waals surface area contributed by atoms with Crippen LogP contribution < -0.4 is 17.2 Å². The van der Waals surface area contributed by atoms with Crippen molar-refractivity contribution in [1.82, 2.24) is 0 Å². The first-order valence-corrected chi connectivity index (χ1v) is 9.52. The van der Waals surface area contributed by atoms with Gasteiger partial charge in [-0.1, -0.05) is 58.3 Å². The molecule has 0 heterocycles. The molecule has 0 aliphatic rings. The Morgan fingerprint density at radius 1 is 0.920 bits per heavy atom. The van der Waals surface area contributed by atoms with Gasteiger partial charge < -0.3 is 21.9 Å². The molecule has 0 spiro atoms. The molecule has 0 radical (unpaired) electrons. The normalized spacial score (nSPS) is 11.8. The zero-order valence-corrected chi connectivity index (χ0v) is 15.7. The van der Waals surface area contributed by atoms with E-state index in [1.54, 1.807) is 0 Å². The average Bonchev–Trinajstić information content (AvgIpc) is 2.56. The monoisotopic (exact) mass is 356 g/mol. The number of hydrogen-bond acceptors (Lipinski definition) is 5. The van der Waals surface area contributed by atoms with E-state index in [2.05, 4.69) is 11.9 Å². The van der Waals surface area contributed by atoms with Crippen LogP contribution in [0.1, 0.15) is 84.0 Å². The lowest BCUT2D eigenvalue weighted by Crippen LogP contribution is -2.34. The van der Waals surface area contributed by atoms with E-state index in [1.165, 1.54) is 38.5 Å². The summed E-state index contributed by atoms with van der Waals surface area (Å²) in [7, 11) is 0. The number of hydrogen-bond donors (Lipinski definition) is 3. The number of carbonyl (C=O) groups is 2. The Labute approximate surface area is 151 Å². The number of rotatable bonds is 15. The van der Waals surface area contributed by atoms with Gasteiger partial charge in [0.25, 0.3) is 0 Å². The summed E-state index contributed by atoms with van der Waals surface area (Å²) >= 11 is 0. The van der Waals surface area contributed by atoms with E-state index in [9.17, 15) is 9.59 Å². The van der Waals surface area contributed by atoms with Crippen molar-refractivity contribution in [2.24, 2.45) is 22.2 Å². The van der Waals surface area contributed by atoms with Crippen LogP contribution in [0.3, 0.4) is 0 Å². The highest BCUT2D eigenvalue weighted by Crippen LogP contribution is 2.11. The fourth-order valence-corrected chi connectivity index (χ4v) is 2.46. The summed E-state index contributed by atoms with van der Waals surface area (Å²) in [5, 5.41) is 0. The van der Waals surface area contributed by atoms with Crippen LogP contribution in [0.25, 0.3) is 0 Å². The third kappa shape index (κ3) is 15.6. The molecule has 0 saturated heterocycles. The second-order valence-electron chi connectivity index (χ2n) is 6.43. The van der Waals surface area contributed by atoms with Crippen LogP contribution in [-0.4, -0.2) is 30.5 Å². The Balaban J connectivity index is 3.60. The van der Waals surface area contributed by atoms with Crippen molar-refractivity contribution in [2.45, 2.75) is 90.0 Å². The van der Waals surface area contributed by atoms with Gasteiger partial charge in [0.1, 0.15) is 6.04 Å². The number of esters is 2. The van der Waals surface area contributed by atoms with E-state index < -0.39 is 18.0 Å². The van der Waals surface area contributed by atoms with E-state index >= 15 is 0 Å². The molecule has 0 aliphatic carbocycles. The van der Waals surface area contributed by atoms with Gasteiger partial charge in [-0.3, -0.25) is 9.79 Å². The fraction of sp³-hybridized carbons (Fsp3) is 0.833. The highest BCUT2D eigenvalue weighted by molar-refractivity contribution is 5.88. The highest BCUT2D eigenvalue weighted by Gasteiger charge is 2.18. The lowest BCUT2D eigenvalue weighted by atomic mass is 10.1. The van der Waals surface area contributed by atoms with E-state index in [0.29, 0.717) is 19.4 Å². The summed E-state index contributed by atoms with van der Waals surface area (Å²) in [5.74, 6) is -1.16. The molecular weight excluding hydrogens is 320 g/mol. The van der Waals surface area contributed by atoms with Gasteiger partial charge >= 0.3 is 11.9 Å². The predicted octanol–water partition coefficient (Wildman–Crippen LogP) is 2.36. The fourth-order valence-electron chi connectivity index (χ4n) is 2.46. The first-order valence-electron chi connectivity index (χ1n) is 9.52. The Hall–Kier alpha value is -1.63. The number of ether oxygens (including phenoxy) is 1. The molecule has 0 aliphatic heterocycles. The van der Waals surface area contributed by atoms with Crippen LogP contribution in [0.2, 0.25) is 0 Å². The van der Waals surface area contributed by atoms with Gasteiger partial charge in [0, 0.05) is 13.0 Å². The summed E-state index contributed by atoms with van der Waals surface area (Å²) in [6.07, 6.45) is 11.7. The maximum atomic E-state index is 11.7. The van der Waals surface area contributed by atoms with Crippen molar-refractivity contribution in [1.29, 1.82) is 0 Å². The number of unbranched alkanes of at least 4 members (excludes halogenated alkanes) is 8. The minimum atomic E-state index is -0.818. The minimum absolute atomic E-state index is 0.00675. The van der Waals surface area contributed by atoms with Crippen molar-refractivity contribution in [2.75, 3.05) is 6.54 Å². The van der Waals surface area contributed by atoms with E-state index in [0.717, 1.165) is 19.3 Å². The molecule has 1 atom stereocenters. The zero-order chi connectivity index (χ0) is 18.9. The van der Waals surface area contributed by atoms with Crippen LogP contribution in [-0.2, 0) is 14.3 Å². The summed E-state index contributed by atoms with van der Waals surface area (Å²) in [6, 6.07) is -0.818. The average molecular weight is 357 g/mol. The molecule has 7 nitrogen and oxygen atoms in total. The second-order valence-corrected chi connectivity index (χ2v) is 6.43. The van der Waals surface area contributed by atoms with Crippen LogP contribution >= 0.6 is 0 Å². The minimum Gasteiger partial charge on any atom is -0.392 e. The quantitative estimate of drug-likeness (QED) is 0.136. The van der Waals surface area contributed by atoms with Crippen molar-refractivity contribution >= 4 is 17.9 Å². The Morgan fingerprint density at radius 2 is 1.48 bits per heavy atom. The molecule has 0 saturated carbocycles. The Bertz CT molecular complexity index is 396. The van der Waals surface area contributed by atoms with Crippen molar-refractivity contribution in [3.05, 3.63) is 0 Å². The number of carbonyl (C=O) groups excluding carboxylic acids is 2. The van der Waals surface area contributed by atoms with Crippen molar-refractivity contribution in [3.8, 4) is 0 Å². The van der Waals surface area contributed by atoms with Gasteiger partial charge in [0.2, 0.25) is 0 Å². The van der Waals surface area contributed by atoms with Crippen LogP contribution in [0.5, 0.6) is 0 Å². The van der Waals surface area contributed by atoms with Gasteiger partial charge in [-0.15, -0.1) is 0 Å². The maximum absolute atomic E-state index is 11.7. The molecule has 0 aromatic heterocycles. The van der Waals surface area contributed by atoms with Crippen LogP contribution in [0, 0.1) is 0 Å². The molecule has 0 aromatic carbocycles. The summed E-state index contributed by atoms with van der Waals surface area (Å²) in [6.45, 7) is 2.61. The Morgan fingerprint density at radius 3 is 2.04 bits per heavy atom. The smallest absolute Gasteiger partial charge is 0.330 e. The Kier molecular flexibility index (Phi) is 14.8.